The third-order valence-corrected chi connectivity index (χ3v) is 6.73. The first-order valence-corrected chi connectivity index (χ1v) is 11.6. The number of methoxy groups -OCH3 is 1. The maximum absolute atomic E-state index is 13.0. The fourth-order valence-electron chi connectivity index (χ4n) is 2.90. The molecule has 0 radical (unpaired) electrons. The Morgan fingerprint density at radius 2 is 1.88 bits per heavy atom. The van der Waals surface area contributed by atoms with Crippen LogP contribution in [0.4, 0.5) is 5.13 Å². The molecule has 11 nitrogen and oxygen atoms in total. The zero-order valence-corrected chi connectivity index (χ0v) is 20.3. The van der Waals surface area contributed by atoms with E-state index in [4.69, 9.17) is 14.2 Å². The van der Waals surface area contributed by atoms with Gasteiger partial charge in [-0.15, -0.1) is 11.3 Å². The van der Waals surface area contributed by atoms with Gasteiger partial charge in [-0.2, -0.15) is 0 Å². The smallest absolute Gasteiger partial charge is 0.350 e. The van der Waals surface area contributed by atoms with Crippen molar-refractivity contribution in [1.82, 2.24) is 14.5 Å². The highest BCUT2D eigenvalue weighted by molar-refractivity contribution is 7.20. The summed E-state index contributed by atoms with van der Waals surface area (Å²) in [7, 11) is 1.49. The van der Waals surface area contributed by atoms with Crippen LogP contribution in [0.5, 0.6) is 0 Å². The highest BCUT2D eigenvalue weighted by Crippen LogP contribution is 2.27. The molecule has 34 heavy (non-hydrogen) atoms. The molecule has 0 fully saturated rings. The molecule has 13 heteroatoms. The molecule has 0 saturated heterocycles. The van der Waals surface area contributed by atoms with E-state index < -0.39 is 23.4 Å². The number of fused-ring (bicyclic) bond motifs is 1. The van der Waals surface area contributed by atoms with E-state index in [1.165, 1.54) is 19.5 Å². The third kappa shape index (κ3) is 5.55. The number of thiazole rings is 1. The summed E-state index contributed by atoms with van der Waals surface area (Å²) in [6, 6.07) is 0. The van der Waals surface area contributed by atoms with E-state index in [2.05, 4.69) is 21.9 Å². The number of anilines is 1. The van der Waals surface area contributed by atoms with Gasteiger partial charge in [-0.1, -0.05) is 24.0 Å². The van der Waals surface area contributed by atoms with Gasteiger partial charge in [-0.05, 0) is 19.4 Å². The predicted molar refractivity (Wildman–Crippen MR) is 127 cm³/mol. The zero-order chi connectivity index (χ0) is 24.8. The molecule has 0 unspecified atom stereocenters. The molecule has 3 aromatic heterocycles. The second kappa shape index (κ2) is 11.1. The van der Waals surface area contributed by atoms with Gasteiger partial charge in [-0.25, -0.2) is 19.6 Å². The first kappa shape index (κ1) is 25.2. The van der Waals surface area contributed by atoms with Gasteiger partial charge in [-0.3, -0.25) is 14.2 Å². The maximum Gasteiger partial charge on any atom is 0.350 e. The van der Waals surface area contributed by atoms with E-state index in [-0.39, 0.29) is 46.6 Å². The zero-order valence-electron chi connectivity index (χ0n) is 18.7. The second-order valence-electron chi connectivity index (χ2n) is 6.91. The Morgan fingerprint density at radius 1 is 1.15 bits per heavy atom. The second-order valence-corrected chi connectivity index (χ2v) is 8.91. The fraction of sp³-hybridized carbons (Fsp3) is 0.333. The minimum absolute atomic E-state index is 0.0604. The first-order valence-electron chi connectivity index (χ1n) is 9.96. The van der Waals surface area contributed by atoms with Crippen LogP contribution < -0.4 is 10.9 Å². The summed E-state index contributed by atoms with van der Waals surface area (Å²) in [6.07, 6.45) is 2.69. The maximum atomic E-state index is 13.0. The minimum Gasteiger partial charge on any atom is -0.459 e. The molecule has 0 atom stereocenters. The summed E-state index contributed by atoms with van der Waals surface area (Å²) >= 11 is 2.02. The Kier molecular flexibility index (Phi) is 8.26. The molecule has 3 heterocycles. The quantitative estimate of drug-likeness (QED) is 0.249. The number of rotatable bonds is 10. The lowest BCUT2D eigenvalue weighted by Gasteiger charge is -2.05. The van der Waals surface area contributed by atoms with Crippen LogP contribution in [-0.4, -0.2) is 59.3 Å². The van der Waals surface area contributed by atoms with Crippen LogP contribution in [0.3, 0.4) is 0 Å². The summed E-state index contributed by atoms with van der Waals surface area (Å²) in [5, 5.41) is 3.02. The van der Waals surface area contributed by atoms with Crippen LogP contribution in [0.15, 0.2) is 23.8 Å². The van der Waals surface area contributed by atoms with Crippen LogP contribution in [0.2, 0.25) is 0 Å². The number of hydrogen-bond acceptors (Lipinski definition) is 11. The number of ether oxygens (including phenoxy) is 3. The number of carbonyl (C=O) groups is 3. The van der Waals surface area contributed by atoms with Gasteiger partial charge in [0.2, 0.25) is 5.91 Å². The minimum atomic E-state index is -0.567. The largest absolute Gasteiger partial charge is 0.459 e. The van der Waals surface area contributed by atoms with Crippen molar-refractivity contribution >= 4 is 55.9 Å². The molecular weight excluding hydrogens is 484 g/mol. The molecule has 0 aromatic carbocycles. The Balaban J connectivity index is 1.76. The number of aromatic nitrogens is 3. The van der Waals surface area contributed by atoms with E-state index in [1.54, 1.807) is 13.8 Å². The fourth-order valence-corrected chi connectivity index (χ4v) is 4.81. The van der Waals surface area contributed by atoms with Crippen molar-refractivity contribution in [2.45, 2.75) is 20.4 Å². The van der Waals surface area contributed by atoms with Gasteiger partial charge in [0.25, 0.3) is 5.56 Å². The van der Waals surface area contributed by atoms with E-state index in [9.17, 15) is 19.2 Å². The van der Waals surface area contributed by atoms with Crippen molar-refractivity contribution in [3.05, 3.63) is 50.3 Å². The highest BCUT2D eigenvalue weighted by Gasteiger charge is 2.22. The summed E-state index contributed by atoms with van der Waals surface area (Å²) in [5.74, 6) is -1.66. The summed E-state index contributed by atoms with van der Waals surface area (Å²) < 4.78 is 16.1. The van der Waals surface area contributed by atoms with E-state index in [0.717, 1.165) is 27.2 Å². The predicted octanol–water partition coefficient (Wildman–Crippen LogP) is 2.32. The number of esters is 2. The lowest BCUT2D eigenvalue weighted by molar-refractivity contribution is -0.116. The van der Waals surface area contributed by atoms with Crippen LogP contribution in [0.25, 0.3) is 10.2 Å². The van der Waals surface area contributed by atoms with Crippen molar-refractivity contribution < 1.29 is 28.6 Å². The molecule has 0 spiro atoms. The topological polar surface area (TPSA) is 139 Å². The lowest BCUT2D eigenvalue weighted by atomic mass is 10.2. The SMILES string of the molecule is C=CCOC(=O)c1sc(NC(=O)Cn2cnc3sc(C(=O)OCCOC)c(C)c3c2=O)nc1C. The molecule has 0 aliphatic heterocycles. The van der Waals surface area contributed by atoms with Gasteiger partial charge in [0.05, 0.1) is 24.0 Å². The molecular formula is C21H22N4O7S2. The molecule has 1 N–H and O–H groups in total. The normalized spacial score (nSPS) is 10.8. The van der Waals surface area contributed by atoms with Gasteiger partial charge < -0.3 is 19.5 Å². The number of carbonyl (C=O) groups excluding carboxylic acids is 3. The van der Waals surface area contributed by atoms with Gasteiger partial charge in [0.1, 0.15) is 34.3 Å². The first-order chi connectivity index (χ1) is 16.3. The van der Waals surface area contributed by atoms with E-state index in [1.807, 2.05) is 0 Å². The third-order valence-electron chi connectivity index (χ3n) is 4.50. The lowest BCUT2D eigenvalue weighted by Crippen LogP contribution is -2.27. The molecule has 180 valence electrons. The number of nitrogens with one attached hydrogen (secondary N) is 1. The molecule has 3 aromatic rings. The Labute approximate surface area is 202 Å². The average molecular weight is 507 g/mol. The molecule has 0 bridgehead atoms. The highest BCUT2D eigenvalue weighted by atomic mass is 32.1. The summed E-state index contributed by atoms with van der Waals surface area (Å²) in [5.41, 5.74) is 0.384. The van der Waals surface area contributed by atoms with Crippen molar-refractivity contribution in [3.8, 4) is 0 Å². The molecule has 0 saturated carbocycles. The molecule has 1 amide bonds. The summed E-state index contributed by atoms with van der Waals surface area (Å²) in [4.78, 5) is 59.1. The standard InChI is InChI=1S/C21H22N4O7S2/c1-5-6-31-20(29)16-12(3)23-21(34-16)24-13(26)9-25-10-22-17-14(18(25)27)11(2)15(33-17)19(28)32-8-7-30-4/h5,10H,1,6-9H2,2-4H3,(H,23,24,26). The van der Waals surface area contributed by atoms with Crippen molar-refractivity contribution in [2.24, 2.45) is 0 Å². The van der Waals surface area contributed by atoms with Crippen LogP contribution >= 0.6 is 22.7 Å². The molecule has 0 aliphatic rings. The van der Waals surface area contributed by atoms with Gasteiger partial charge >= 0.3 is 11.9 Å². The number of thiophene rings is 1. The van der Waals surface area contributed by atoms with Crippen molar-refractivity contribution in [3.63, 3.8) is 0 Å². The van der Waals surface area contributed by atoms with Gasteiger partial charge in [0, 0.05) is 7.11 Å². The van der Waals surface area contributed by atoms with Crippen molar-refractivity contribution in [2.75, 3.05) is 32.2 Å². The Hall–Kier alpha value is -3.42. The van der Waals surface area contributed by atoms with E-state index in [0.29, 0.717) is 16.1 Å². The van der Waals surface area contributed by atoms with Crippen molar-refractivity contribution in [1.29, 1.82) is 0 Å². The number of nitrogens with zero attached hydrogens (tertiary/aromatic N) is 3. The molecule has 3 rings (SSSR count). The Morgan fingerprint density at radius 3 is 2.59 bits per heavy atom. The number of amides is 1. The number of aryl methyl sites for hydroxylation is 2. The Bertz CT molecular complexity index is 1310. The van der Waals surface area contributed by atoms with Gasteiger partial charge in [0.15, 0.2) is 5.13 Å². The van der Waals surface area contributed by atoms with Crippen LogP contribution in [0.1, 0.15) is 30.6 Å². The number of hydrogen-bond donors (Lipinski definition) is 1. The molecule has 0 aliphatic carbocycles. The average Bonchev–Trinajstić information content (AvgIpc) is 3.33. The monoisotopic (exact) mass is 506 g/mol. The van der Waals surface area contributed by atoms with E-state index >= 15 is 0 Å². The summed E-state index contributed by atoms with van der Waals surface area (Å²) in [6.45, 7) is 6.80. The van der Waals surface area contributed by atoms with Crippen LogP contribution in [-0.2, 0) is 25.5 Å². The van der Waals surface area contributed by atoms with Crippen LogP contribution in [0, 0.1) is 13.8 Å².